The summed E-state index contributed by atoms with van der Waals surface area (Å²) in [6.45, 7) is 1.71. The van der Waals surface area contributed by atoms with Crippen LogP contribution in [0.2, 0.25) is 0 Å². The van der Waals surface area contributed by atoms with Crippen LogP contribution in [0.3, 0.4) is 0 Å². The van der Waals surface area contributed by atoms with Crippen LogP contribution in [0.1, 0.15) is 21.9 Å². The summed E-state index contributed by atoms with van der Waals surface area (Å²) in [5.74, 6) is -1.69. The number of anilines is 1. The van der Waals surface area contributed by atoms with Crippen LogP contribution in [0.4, 0.5) is 18.9 Å². The number of hydrogen-bond acceptors (Lipinski definition) is 4. The van der Waals surface area contributed by atoms with E-state index >= 15 is 0 Å². The number of aliphatic hydroxyl groups is 1. The fourth-order valence-electron chi connectivity index (χ4n) is 3.64. The molecule has 9 heteroatoms. The first-order chi connectivity index (χ1) is 14.9. The van der Waals surface area contributed by atoms with E-state index in [2.05, 4.69) is 14.9 Å². The Hall–Kier alpha value is -3.33. The van der Waals surface area contributed by atoms with E-state index < -0.39 is 17.9 Å². The maximum absolute atomic E-state index is 13.3. The highest BCUT2D eigenvalue weighted by atomic mass is 19.4. The predicted molar refractivity (Wildman–Crippen MR) is 110 cm³/mol. The summed E-state index contributed by atoms with van der Waals surface area (Å²) >= 11 is 0. The molecule has 0 radical (unpaired) electrons. The van der Waals surface area contributed by atoms with Gasteiger partial charge >= 0.3 is 6.18 Å². The Morgan fingerprint density at radius 1 is 1.03 bits per heavy atom. The third-order valence-corrected chi connectivity index (χ3v) is 5.26. The van der Waals surface area contributed by atoms with Crippen LogP contribution in [0.5, 0.6) is 0 Å². The van der Waals surface area contributed by atoms with Gasteiger partial charge < -0.3 is 19.9 Å². The molecule has 0 bridgehead atoms. The van der Waals surface area contributed by atoms with Gasteiger partial charge in [-0.3, -0.25) is 4.79 Å². The molecular formula is C22H21F3N4O2. The third kappa shape index (κ3) is 4.41. The van der Waals surface area contributed by atoms with Crippen molar-refractivity contribution in [1.29, 1.82) is 0 Å². The van der Waals surface area contributed by atoms with Crippen molar-refractivity contribution in [1.82, 2.24) is 14.9 Å². The van der Waals surface area contributed by atoms with Crippen molar-refractivity contribution >= 4 is 11.6 Å². The molecule has 0 unspecified atom stereocenters. The number of benzene rings is 2. The number of imidazole rings is 1. The Labute approximate surface area is 176 Å². The van der Waals surface area contributed by atoms with Crippen LogP contribution < -0.4 is 4.90 Å². The van der Waals surface area contributed by atoms with E-state index in [1.165, 1.54) is 4.90 Å². The second-order valence-corrected chi connectivity index (χ2v) is 7.28. The molecule has 0 atom stereocenters. The lowest BCUT2D eigenvalue weighted by atomic mass is 10.1. The fraction of sp³-hybridized carbons (Fsp3) is 0.273. The smallest absolute Gasteiger partial charge is 0.392 e. The lowest BCUT2D eigenvalue weighted by molar-refractivity contribution is -0.144. The van der Waals surface area contributed by atoms with Crippen LogP contribution in [0.25, 0.3) is 11.3 Å². The summed E-state index contributed by atoms with van der Waals surface area (Å²) in [5.41, 5.74) is 2.01. The number of aromatic nitrogens is 2. The SMILES string of the molecule is O=C(c1[nH]c(C(F)(F)F)nc1-c1ccccc1)N1CCN(c2cccc(CO)c2)CC1. The molecule has 1 aromatic heterocycles. The highest BCUT2D eigenvalue weighted by molar-refractivity contribution is 5.98. The zero-order valence-corrected chi connectivity index (χ0v) is 16.6. The lowest BCUT2D eigenvalue weighted by Gasteiger charge is -2.36. The first-order valence-corrected chi connectivity index (χ1v) is 9.83. The molecule has 0 saturated carbocycles. The zero-order valence-electron chi connectivity index (χ0n) is 16.6. The van der Waals surface area contributed by atoms with Crippen molar-refractivity contribution in [2.45, 2.75) is 12.8 Å². The molecular weight excluding hydrogens is 409 g/mol. The molecule has 2 aromatic carbocycles. The number of amides is 1. The summed E-state index contributed by atoms with van der Waals surface area (Å²) in [5, 5.41) is 9.32. The van der Waals surface area contributed by atoms with Crippen molar-refractivity contribution in [3.63, 3.8) is 0 Å². The molecule has 162 valence electrons. The minimum absolute atomic E-state index is 0.00370. The number of hydrogen-bond donors (Lipinski definition) is 2. The molecule has 1 amide bonds. The first kappa shape index (κ1) is 20.9. The minimum Gasteiger partial charge on any atom is -0.392 e. The van der Waals surface area contributed by atoms with Crippen molar-refractivity contribution in [3.05, 3.63) is 71.7 Å². The molecule has 0 aliphatic carbocycles. The van der Waals surface area contributed by atoms with Gasteiger partial charge in [0.1, 0.15) is 11.4 Å². The van der Waals surface area contributed by atoms with E-state index in [0.717, 1.165) is 11.3 Å². The van der Waals surface area contributed by atoms with Crippen molar-refractivity contribution in [3.8, 4) is 11.3 Å². The van der Waals surface area contributed by atoms with Crippen LogP contribution in [-0.4, -0.2) is 52.1 Å². The van der Waals surface area contributed by atoms with Gasteiger partial charge in [-0.2, -0.15) is 13.2 Å². The Balaban J connectivity index is 1.55. The van der Waals surface area contributed by atoms with Crippen molar-refractivity contribution in [2.24, 2.45) is 0 Å². The predicted octanol–water partition coefficient (Wildman–Crippen LogP) is 3.55. The fourth-order valence-corrected chi connectivity index (χ4v) is 3.64. The quantitative estimate of drug-likeness (QED) is 0.664. The number of aromatic amines is 1. The van der Waals surface area contributed by atoms with Gasteiger partial charge in [-0.25, -0.2) is 4.98 Å². The molecule has 1 aliphatic rings. The summed E-state index contributed by atoms with van der Waals surface area (Å²) in [4.78, 5) is 22.6. The Bertz CT molecular complexity index is 1060. The molecule has 3 aromatic rings. The molecule has 0 spiro atoms. The highest BCUT2D eigenvalue weighted by Crippen LogP contribution is 2.32. The van der Waals surface area contributed by atoms with E-state index in [-0.39, 0.29) is 18.0 Å². The molecule has 1 fully saturated rings. The molecule has 2 heterocycles. The highest BCUT2D eigenvalue weighted by Gasteiger charge is 2.38. The van der Waals surface area contributed by atoms with E-state index in [4.69, 9.17) is 0 Å². The minimum atomic E-state index is -4.68. The van der Waals surface area contributed by atoms with E-state index in [9.17, 15) is 23.1 Å². The average molecular weight is 430 g/mol. The third-order valence-electron chi connectivity index (χ3n) is 5.26. The summed E-state index contributed by atoms with van der Waals surface area (Å²) < 4.78 is 39.8. The standard InChI is InChI=1S/C22H21F3N4O2/c23-22(24,25)21-26-18(16-6-2-1-3-7-16)19(27-21)20(31)29-11-9-28(10-12-29)17-8-4-5-15(13-17)14-30/h1-8,13,30H,9-12,14H2,(H,26,27). The van der Waals surface area contributed by atoms with Gasteiger partial charge in [0.05, 0.1) is 6.61 Å². The number of piperazine rings is 1. The summed E-state index contributed by atoms with van der Waals surface area (Å²) in [6.07, 6.45) is -4.68. The number of aliphatic hydroxyl groups excluding tert-OH is 1. The van der Waals surface area contributed by atoms with Crippen LogP contribution in [0, 0.1) is 0 Å². The average Bonchev–Trinajstić information content (AvgIpc) is 3.25. The summed E-state index contributed by atoms with van der Waals surface area (Å²) in [7, 11) is 0. The van der Waals surface area contributed by atoms with Crippen LogP contribution in [0.15, 0.2) is 54.6 Å². The van der Waals surface area contributed by atoms with Crippen LogP contribution in [-0.2, 0) is 12.8 Å². The molecule has 4 rings (SSSR count). The first-order valence-electron chi connectivity index (χ1n) is 9.83. The number of rotatable bonds is 4. The topological polar surface area (TPSA) is 72.5 Å². The second-order valence-electron chi connectivity index (χ2n) is 7.28. The number of carbonyl (C=O) groups excluding carboxylic acids is 1. The van der Waals surface area contributed by atoms with Gasteiger partial charge in [-0.05, 0) is 17.7 Å². The number of alkyl halides is 3. The Morgan fingerprint density at radius 2 is 1.74 bits per heavy atom. The maximum atomic E-state index is 13.3. The van der Waals surface area contributed by atoms with Gasteiger partial charge in [-0.1, -0.05) is 42.5 Å². The molecule has 6 nitrogen and oxygen atoms in total. The summed E-state index contributed by atoms with van der Waals surface area (Å²) in [6, 6.07) is 15.9. The van der Waals surface area contributed by atoms with E-state index in [1.807, 2.05) is 24.3 Å². The number of nitrogens with zero attached hydrogens (tertiary/aromatic N) is 3. The van der Waals surface area contributed by atoms with Crippen LogP contribution >= 0.6 is 0 Å². The Morgan fingerprint density at radius 3 is 2.39 bits per heavy atom. The molecule has 1 saturated heterocycles. The zero-order chi connectivity index (χ0) is 22.0. The van der Waals surface area contributed by atoms with Crippen molar-refractivity contribution in [2.75, 3.05) is 31.1 Å². The number of carbonyl (C=O) groups is 1. The largest absolute Gasteiger partial charge is 0.449 e. The van der Waals surface area contributed by atoms with Gasteiger partial charge in [-0.15, -0.1) is 0 Å². The number of halogens is 3. The second kappa shape index (κ2) is 8.43. The lowest BCUT2D eigenvalue weighted by Crippen LogP contribution is -2.49. The maximum Gasteiger partial charge on any atom is 0.449 e. The van der Waals surface area contributed by atoms with E-state index in [1.54, 1.807) is 30.3 Å². The molecule has 1 aliphatic heterocycles. The van der Waals surface area contributed by atoms with Crippen molar-refractivity contribution < 1.29 is 23.1 Å². The van der Waals surface area contributed by atoms with Gasteiger partial charge in [0.2, 0.25) is 5.82 Å². The van der Waals surface area contributed by atoms with Gasteiger partial charge in [0, 0.05) is 37.4 Å². The van der Waals surface area contributed by atoms with Gasteiger partial charge in [0.25, 0.3) is 5.91 Å². The Kier molecular flexibility index (Phi) is 5.69. The molecule has 2 N–H and O–H groups in total. The monoisotopic (exact) mass is 430 g/mol. The van der Waals surface area contributed by atoms with E-state index in [0.29, 0.717) is 31.7 Å². The number of nitrogens with one attached hydrogen (secondary N) is 1. The normalized spacial score (nSPS) is 14.7. The number of H-pyrrole nitrogens is 1. The molecule has 31 heavy (non-hydrogen) atoms. The van der Waals surface area contributed by atoms with Gasteiger partial charge in [0.15, 0.2) is 0 Å².